The van der Waals surface area contributed by atoms with Crippen LogP contribution < -0.4 is 5.32 Å². The van der Waals surface area contributed by atoms with Crippen LogP contribution in [0.5, 0.6) is 0 Å². The van der Waals surface area contributed by atoms with E-state index in [2.05, 4.69) is 55.6 Å². The molecule has 0 aromatic heterocycles. The van der Waals surface area contributed by atoms with Gasteiger partial charge in [-0.1, -0.05) is 416 Å². The summed E-state index contributed by atoms with van der Waals surface area (Å²) in [7, 11) is 0. The molecular weight excluding hydrogens is 1130 g/mol. The Bertz CT molecular complexity index is 1490. The molecule has 0 radical (unpaired) electrons. The van der Waals surface area contributed by atoms with E-state index in [0.717, 1.165) is 51.4 Å². The molecule has 0 aliphatic carbocycles. The minimum Gasteiger partial charge on any atom is -0.466 e. The highest BCUT2D eigenvalue weighted by Gasteiger charge is 2.20. The van der Waals surface area contributed by atoms with Gasteiger partial charge in [-0.15, -0.1) is 0 Å². The number of ether oxygens (including phenoxy) is 1. The largest absolute Gasteiger partial charge is 0.466 e. The number of hydrogen-bond acceptors (Lipinski definition) is 5. The molecule has 0 bridgehead atoms. The SMILES string of the molecule is CCCCC/C=C\C/C=C\CCCCCCCCCCCC(=O)OCCCCCCCCCCCCCCCC/C=C\CCCCCCCCCCCCCCCCCCCC(=O)NC(CO)C(O)CCCCCCCCCCCCCCCCCCCCCCC. The maximum absolute atomic E-state index is 12.6. The van der Waals surface area contributed by atoms with Gasteiger partial charge in [0.15, 0.2) is 0 Å². The fourth-order valence-electron chi connectivity index (χ4n) is 13.5. The molecule has 1 amide bonds. The second kappa shape index (κ2) is 81.5. The van der Waals surface area contributed by atoms with Crippen LogP contribution in [0.15, 0.2) is 36.5 Å². The van der Waals surface area contributed by atoms with Crippen LogP contribution in [0.3, 0.4) is 0 Å². The van der Waals surface area contributed by atoms with Gasteiger partial charge in [0.2, 0.25) is 5.91 Å². The summed E-state index contributed by atoms with van der Waals surface area (Å²) in [4.78, 5) is 24.7. The Morgan fingerprint density at radius 2 is 0.543 bits per heavy atom. The molecule has 0 saturated heterocycles. The zero-order valence-corrected chi connectivity index (χ0v) is 62.6. The van der Waals surface area contributed by atoms with E-state index in [1.165, 1.54) is 392 Å². The van der Waals surface area contributed by atoms with Crippen LogP contribution >= 0.6 is 0 Å². The number of allylic oxidation sites excluding steroid dienone is 6. The van der Waals surface area contributed by atoms with E-state index >= 15 is 0 Å². The molecule has 6 nitrogen and oxygen atoms in total. The van der Waals surface area contributed by atoms with Crippen molar-refractivity contribution in [3.05, 3.63) is 36.5 Å². The lowest BCUT2D eigenvalue weighted by atomic mass is 10.0. The molecule has 0 aromatic carbocycles. The van der Waals surface area contributed by atoms with Crippen LogP contribution in [0.25, 0.3) is 0 Å². The average Bonchev–Trinajstić information content (AvgIpc) is 3.75. The summed E-state index contributed by atoms with van der Waals surface area (Å²) in [6.07, 6.45) is 107. The number of aliphatic hydroxyl groups is 2. The highest BCUT2D eigenvalue weighted by molar-refractivity contribution is 5.76. The van der Waals surface area contributed by atoms with Gasteiger partial charge in [0.25, 0.3) is 0 Å². The number of hydrogen-bond donors (Lipinski definition) is 3. The first-order chi connectivity index (χ1) is 45.5. The van der Waals surface area contributed by atoms with E-state index in [1.54, 1.807) is 0 Å². The van der Waals surface area contributed by atoms with Gasteiger partial charge >= 0.3 is 5.97 Å². The summed E-state index contributed by atoms with van der Waals surface area (Å²) in [6, 6.07) is -0.540. The number of unbranched alkanes of at least 4 members (excludes halogenated alkanes) is 63. The van der Waals surface area contributed by atoms with Crippen molar-refractivity contribution in [2.45, 2.75) is 488 Å². The Hall–Kier alpha value is -1.92. The molecule has 6 heteroatoms. The molecule has 0 spiro atoms. The number of carbonyl (C=O) groups is 2. The number of aliphatic hydroxyl groups excluding tert-OH is 2. The average molecular weight is 1290 g/mol. The Morgan fingerprint density at radius 3 is 0.859 bits per heavy atom. The van der Waals surface area contributed by atoms with E-state index in [4.69, 9.17) is 4.74 Å². The molecule has 2 unspecified atom stereocenters. The summed E-state index contributed by atoms with van der Waals surface area (Å²) in [5.41, 5.74) is 0. The smallest absolute Gasteiger partial charge is 0.305 e. The third-order valence-electron chi connectivity index (χ3n) is 19.9. The van der Waals surface area contributed by atoms with Crippen molar-refractivity contribution in [2.24, 2.45) is 0 Å². The first kappa shape index (κ1) is 90.1. The number of carbonyl (C=O) groups excluding carboxylic acids is 2. The minimum atomic E-state index is -0.663. The Labute approximate surface area is 576 Å². The predicted molar refractivity (Wildman–Crippen MR) is 407 cm³/mol. The quantitative estimate of drug-likeness (QED) is 0.0320. The maximum Gasteiger partial charge on any atom is 0.305 e. The molecule has 0 saturated carbocycles. The Morgan fingerprint density at radius 1 is 0.304 bits per heavy atom. The summed E-state index contributed by atoms with van der Waals surface area (Å²) in [5.74, 6) is -0.00869. The van der Waals surface area contributed by atoms with Crippen molar-refractivity contribution in [1.29, 1.82) is 0 Å². The van der Waals surface area contributed by atoms with Crippen molar-refractivity contribution < 1.29 is 24.5 Å². The molecule has 3 N–H and O–H groups in total. The number of rotatable bonds is 80. The highest BCUT2D eigenvalue weighted by Crippen LogP contribution is 2.20. The minimum absolute atomic E-state index is 0.0173. The van der Waals surface area contributed by atoms with Gasteiger partial charge in [0, 0.05) is 12.8 Å². The van der Waals surface area contributed by atoms with Gasteiger partial charge in [-0.2, -0.15) is 0 Å². The molecule has 0 fully saturated rings. The lowest BCUT2D eigenvalue weighted by molar-refractivity contribution is -0.143. The monoisotopic (exact) mass is 1290 g/mol. The summed E-state index contributed by atoms with van der Waals surface area (Å²) in [6.45, 7) is 4.98. The fourth-order valence-corrected chi connectivity index (χ4v) is 13.5. The van der Waals surface area contributed by atoms with E-state index in [9.17, 15) is 19.8 Å². The van der Waals surface area contributed by atoms with Crippen LogP contribution in [0, 0.1) is 0 Å². The van der Waals surface area contributed by atoms with Crippen molar-refractivity contribution in [1.82, 2.24) is 5.32 Å². The van der Waals surface area contributed by atoms with Gasteiger partial charge in [-0.3, -0.25) is 9.59 Å². The summed E-state index contributed by atoms with van der Waals surface area (Å²) >= 11 is 0. The Kier molecular flexibility index (Phi) is 79.8. The second-order valence-corrected chi connectivity index (χ2v) is 29.2. The molecule has 0 aliphatic rings. The number of nitrogens with one attached hydrogen (secondary N) is 1. The lowest BCUT2D eigenvalue weighted by Gasteiger charge is -2.22. The van der Waals surface area contributed by atoms with Gasteiger partial charge in [-0.05, 0) is 83.5 Å². The predicted octanol–water partition coefficient (Wildman–Crippen LogP) is 28.2. The zero-order chi connectivity index (χ0) is 66.3. The molecule has 2 atom stereocenters. The first-order valence-corrected chi connectivity index (χ1v) is 42.2. The summed E-state index contributed by atoms with van der Waals surface area (Å²) < 4.78 is 5.52. The first-order valence-electron chi connectivity index (χ1n) is 42.2. The molecule has 0 heterocycles. The van der Waals surface area contributed by atoms with Crippen LogP contribution in [0.4, 0.5) is 0 Å². The summed E-state index contributed by atoms with van der Waals surface area (Å²) in [5, 5.41) is 23.5. The van der Waals surface area contributed by atoms with Crippen molar-refractivity contribution >= 4 is 11.9 Å². The van der Waals surface area contributed by atoms with Gasteiger partial charge in [0.05, 0.1) is 25.4 Å². The van der Waals surface area contributed by atoms with E-state index in [1.807, 2.05) is 0 Å². The molecule has 0 aromatic rings. The van der Waals surface area contributed by atoms with E-state index in [-0.39, 0.29) is 18.5 Å². The fraction of sp³-hybridized carbons (Fsp3) is 0.907. The third kappa shape index (κ3) is 77.1. The van der Waals surface area contributed by atoms with E-state index in [0.29, 0.717) is 25.9 Å². The van der Waals surface area contributed by atoms with Crippen LogP contribution in [0.2, 0.25) is 0 Å². The standard InChI is InChI=1S/C86H165NO5/c1-3-5-7-9-11-13-15-17-19-21-23-39-43-46-50-54-58-62-66-70-74-78-84(89)83(82-88)87-85(90)79-75-71-67-63-59-55-51-47-44-40-37-35-33-31-29-27-25-24-26-28-30-32-34-36-38-41-45-49-53-57-61-65-69-73-77-81-92-86(91)80-76-72-68-64-60-56-52-48-42-22-20-18-16-14-12-10-8-6-4-2/h12,14,18,20,26,28,83-84,88-89H,3-11,13,15-17,19,21-25,27,29-82H2,1-2H3,(H,87,90)/b14-12-,20-18-,28-26-. The molecule has 92 heavy (non-hydrogen) atoms. The van der Waals surface area contributed by atoms with Gasteiger partial charge in [-0.25, -0.2) is 0 Å². The third-order valence-corrected chi connectivity index (χ3v) is 19.9. The van der Waals surface area contributed by atoms with E-state index < -0.39 is 12.1 Å². The zero-order valence-electron chi connectivity index (χ0n) is 62.6. The number of esters is 1. The maximum atomic E-state index is 12.6. The molecule has 0 aliphatic heterocycles. The molecule has 544 valence electrons. The van der Waals surface area contributed by atoms with Crippen LogP contribution in [-0.4, -0.2) is 47.4 Å². The van der Waals surface area contributed by atoms with Crippen LogP contribution in [-0.2, 0) is 14.3 Å². The molecule has 0 rings (SSSR count). The highest BCUT2D eigenvalue weighted by atomic mass is 16.5. The van der Waals surface area contributed by atoms with Crippen molar-refractivity contribution in [3.63, 3.8) is 0 Å². The van der Waals surface area contributed by atoms with Crippen molar-refractivity contribution in [2.75, 3.05) is 13.2 Å². The normalized spacial score (nSPS) is 12.6. The second-order valence-electron chi connectivity index (χ2n) is 29.2. The Balaban J connectivity index is 3.34. The topological polar surface area (TPSA) is 95.9 Å². The van der Waals surface area contributed by atoms with Crippen molar-refractivity contribution in [3.8, 4) is 0 Å². The molecular formula is C86H165NO5. The van der Waals surface area contributed by atoms with Crippen LogP contribution in [0.1, 0.15) is 476 Å². The lowest BCUT2D eigenvalue weighted by Crippen LogP contribution is -2.45. The number of amides is 1. The van der Waals surface area contributed by atoms with Gasteiger partial charge < -0.3 is 20.3 Å². The van der Waals surface area contributed by atoms with Gasteiger partial charge in [0.1, 0.15) is 0 Å².